The van der Waals surface area contributed by atoms with Crippen LogP contribution in [0.4, 0.5) is 9.93 Å². The smallest absolute Gasteiger partial charge is 0.324 e. The zero-order valence-corrected chi connectivity index (χ0v) is 10.6. The Morgan fingerprint density at radius 1 is 1.63 bits per heavy atom. The Labute approximate surface area is 112 Å². The molecule has 2 rings (SSSR count). The fourth-order valence-corrected chi connectivity index (χ4v) is 2.29. The number of hydrogen-bond donors (Lipinski definition) is 3. The van der Waals surface area contributed by atoms with E-state index in [9.17, 15) is 14.4 Å². The molecular weight excluding hydrogens is 272 g/mol. The number of carbonyl (C=O) groups excluding carboxylic acids is 2. The van der Waals surface area contributed by atoms with E-state index in [0.717, 1.165) is 0 Å². The van der Waals surface area contributed by atoms with Crippen LogP contribution in [-0.4, -0.2) is 52.0 Å². The molecule has 3 N–H and O–H groups in total. The molecule has 19 heavy (non-hydrogen) atoms. The first-order valence-corrected chi connectivity index (χ1v) is 6.42. The summed E-state index contributed by atoms with van der Waals surface area (Å²) in [6.07, 6.45) is 1.12. The van der Waals surface area contributed by atoms with Crippen LogP contribution in [0.5, 0.6) is 0 Å². The molecule has 8 nitrogen and oxygen atoms in total. The number of piperazine rings is 1. The summed E-state index contributed by atoms with van der Waals surface area (Å²) in [6.45, 7) is 0.571. The lowest BCUT2D eigenvalue weighted by atomic mass is 10.1. The van der Waals surface area contributed by atoms with Gasteiger partial charge in [-0.25, -0.2) is 9.78 Å². The molecule has 1 aliphatic rings. The van der Waals surface area contributed by atoms with Crippen molar-refractivity contribution in [2.45, 2.75) is 12.5 Å². The number of anilines is 1. The summed E-state index contributed by atoms with van der Waals surface area (Å²) < 4.78 is 0. The minimum Gasteiger partial charge on any atom is -0.481 e. The fourth-order valence-electron chi connectivity index (χ4n) is 1.77. The largest absolute Gasteiger partial charge is 0.481 e. The van der Waals surface area contributed by atoms with Crippen LogP contribution in [-0.2, 0) is 9.59 Å². The molecule has 1 atom stereocenters. The van der Waals surface area contributed by atoms with Crippen molar-refractivity contribution in [1.82, 2.24) is 15.2 Å². The predicted octanol–water partition coefficient (Wildman–Crippen LogP) is -0.0499. The molecule has 9 heteroatoms. The van der Waals surface area contributed by atoms with Crippen molar-refractivity contribution in [1.29, 1.82) is 0 Å². The number of rotatable bonds is 3. The molecule has 0 bridgehead atoms. The van der Waals surface area contributed by atoms with Crippen LogP contribution in [0.25, 0.3) is 0 Å². The van der Waals surface area contributed by atoms with Gasteiger partial charge in [-0.1, -0.05) is 0 Å². The van der Waals surface area contributed by atoms with Crippen molar-refractivity contribution in [3.8, 4) is 0 Å². The number of urea groups is 1. The SMILES string of the molecule is O=C(O)CC1C(=O)NCCN1C(=O)Nc1nccs1. The van der Waals surface area contributed by atoms with Gasteiger partial charge < -0.3 is 15.3 Å². The molecule has 1 aromatic rings. The summed E-state index contributed by atoms with van der Waals surface area (Å²) in [7, 11) is 0. The Bertz CT molecular complexity index is 490. The number of aliphatic carboxylic acids is 1. The van der Waals surface area contributed by atoms with Gasteiger partial charge in [-0.2, -0.15) is 0 Å². The van der Waals surface area contributed by atoms with E-state index in [1.54, 1.807) is 5.38 Å². The van der Waals surface area contributed by atoms with Gasteiger partial charge in [0.05, 0.1) is 6.42 Å². The van der Waals surface area contributed by atoms with Gasteiger partial charge in [-0.3, -0.25) is 14.9 Å². The second-order valence-electron chi connectivity index (χ2n) is 3.87. The number of hydrogen-bond acceptors (Lipinski definition) is 5. The average Bonchev–Trinajstić information content (AvgIpc) is 2.84. The molecule has 1 aromatic heterocycles. The van der Waals surface area contributed by atoms with Crippen molar-refractivity contribution >= 4 is 34.4 Å². The second kappa shape index (κ2) is 5.65. The van der Waals surface area contributed by atoms with Crippen LogP contribution in [0, 0.1) is 0 Å². The highest BCUT2D eigenvalue weighted by Crippen LogP contribution is 2.14. The minimum absolute atomic E-state index is 0.265. The Balaban J connectivity index is 2.08. The lowest BCUT2D eigenvalue weighted by Crippen LogP contribution is -2.58. The van der Waals surface area contributed by atoms with Crippen LogP contribution < -0.4 is 10.6 Å². The fraction of sp³-hybridized carbons (Fsp3) is 0.400. The van der Waals surface area contributed by atoms with E-state index in [4.69, 9.17) is 5.11 Å². The molecule has 0 saturated carbocycles. The molecule has 0 aliphatic carbocycles. The van der Waals surface area contributed by atoms with Crippen molar-refractivity contribution in [3.63, 3.8) is 0 Å². The summed E-state index contributed by atoms with van der Waals surface area (Å²) in [5.74, 6) is -1.59. The predicted molar refractivity (Wildman–Crippen MR) is 66.9 cm³/mol. The van der Waals surface area contributed by atoms with Crippen molar-refractivity contribution in [2.75, 3.05) is 18.4 Å². The van der Waals surface area contributed by atoms with E-state index >= 15 is 0 Å². The Kier molecular flexibility index (Phi) is 3.95. The third-order valence-electron chi connectivity index (χ3n) is 2.61. The van der Waals surface area contributed by atoms with Gasteiger partial charge in [0.15, 0.2) is 5.13 Å². The Morgan fingerprint density at radius 2 is 2.42 bits per heavy atom. The highest BCUT2D eigenvalue weighted by molar-refractivity contribution is 7.13. The van der Waals surface area contributed by atoms with Crippen LogP contribution in [0.15, 0.2) is 11.6 Å². The van der Waals surface area contributed by atoms with Crippen molar-refractivity contribution in [2.24, 2.45) is 0 Å². The number of amides is 3. The van der Waals surface area contributed by atoms with E-state index in [1.165, 1.54) is 22.4 Å². The molecule has 0 spiro atoms. The van der Waals surface area contributed by atoms with Gasteiger partial charge in [0.25, 0.3) is 0 Å². The summed E-state index contributed by atoms with van der Waals surface area (Å²) in [5, 5.41) is 16.0. The van der Waals surface area contributed by atoms with Gasteiger partial charge in [0, 0.05) is 24.7 Å². The lowest BCUT2D eigenvalue weighted by Gasteiger charge is -2.33. The molecule has 102 valence electrons. The number of nitrogens with zero attached hydrogens (tertiary/aromatic N) is 2. The maximum absolute atomic E-state index is 12.0. The third-order valence-corrected chi connectivity index (χ3v) is 3.29. The van der Waals surface area contributed by atoms with E-state index in [2.05, 4.69) is 15.6 Å². The number of nitrogens with one attached hydrogen (secondary N) is 2. The molecule has 1 unspecified atom stereocenters. The number of carbonyl (C=O) groups is 3. The summed E-state index contributed by atoms with van der Waals surface area (Å²) in [6, 6.07) is -1.51. The van der Waals surface area contributed by atoms with E-state index in [1.807, 2.05) is 0 Å². The number of aromatic nitrogens is 1. The first-order valence-electron chi connectivity index (χ1n) is 5.54. The highest BCUT2D eigenvalue weighted by Gasteiger charge is 2.34. The summed E-state index contributed by atoms with van der Waals surface area (Å²) in [5.41, 5.74) is 0. The molecule has 1 fully saturated rings. The minimum atomic E-state index is -1.13. The Hall–Kier alpha value is -2.16. The van der Waals surface area contributed by atoms with E-state index < -0.39 is 30.4 Å². The lowest BCUT2D eigenvalue weighted by molar-refractivity contribution is -0.142. The van der Waals surface area contributed by atoms with Crippen molar-refractivity contribution < 1.29 is 19.5 Å². The van der Waals surface area contributed by atoms with E-state index in [-0.39, 0.29) is 6.54 Å². The first kappa shape index (κ1) is 13.3. The monoisotopic (exact) mass is 284 g/mol. The van der Waals surface area contributed by atoms with Crippen LogP contribution in [0.3, 0.4) is 0 Å². The summed E-state index contributed by atoms with van der Waals surface area (Å²) >= 11 is 1.24. The van der Waals surface area contributed by atoms with Crippen molar-refractivity contribution in [3.05, 3.63) is 11.6 Å². The molecule has 0 aromatic carbocycles. The molecular formula is C10H12N4O4S. The standard InChI is InChI=1S/C10H12N4O4S/c15-7(16)5-6-8(17)11-1-3-14(6)10(18)13-9-12-2-4-19-9/h2,4,6H,1,3,5H2,(H,11,17)(H,15,16)(H,12,13,18). The van der Waals surface area contributed by atoms with Crippen LogP contribution in [0.2, 0.25) is 0 Å². The normalized spacial score (nSPS) is 18.8. The molecule has 0 radical (unpaired) electrons. The van der Waals surface area contributed by atoms with Gasteiger partial charge in [-0.15, -0.1) is 11.3 Å². The van der Waals surface area contributed by atoms with Gasteiger partial charge in [0.2, 0.25) is 5.91 Å². The molecule has 1 saturated heterocycles. The zero-order valence-electron chi connectivity index (χ0n) is 9.83. The highest BCUT2D eigenvalue weighted by atomic mass is 32.1. The maximum atomic E-state index is 12.0. The van der Waals surface area contributed by atoms with Gasteiger partial charge >= 0.3 is 12.0 Å². The maximum Gasteiger partial charge on any atom is 0.324 e. The molecule has 1 aliphatic heterocycles. The molecule has 3 amide bonds. The topological polar surface area (TPSA) is 112 Å². The first-order chi connectivity index (χ1) is 9.08. The molecule has 2 heterocycles. The third kappa shape index (κ3) is 3.19. The zero-order chi connectivity index (χ0) is 13.8. The number of carboxylic acids is 1. The summed E-state index contributed by atoms with van der Waals surface area (Å²) in [4.78, 5) is 39.5. The van der Waals surface area contributed by atoms with Crippen LogP contribution in [0.1, 0.15) is 6.42 Å². The number of carboxylic acid groups (broad SMARTS) is 1. The van der Waals surface area contributed by atoms with Gasteiger partial charge in [-0.05, 0) is 0 Å². The Morgan fingerprint density at radius 3 is 3.05 bits per heavy atom. The van der Waals surface area contributed by atoms with Gasteiger partial charge in [0.1, 0.15) is 6.04 Å². The number of thiazole rings is 1. The van der Waals surface area contributed by atoms with Crippen LogP contribution >= 0.6 is 11.3 Å². The second-order valence-corrected chi connectivity index (χ2v) is 4.76. The van der Waals surface area contributed by atoms with E-state index in [0.29, 0.717) is 11.7 Å². The average molecular weight is 284 g/mol. The quantitative estimate of drug-likeness (QED) is 0.720.